The Morgan fingerprint density at radius 2 is 1.45 bits per heavy atom. The fourth-order valence-electron chi connectivity index (χ4n) is 2.65. The van der Waals surface area contributed by atoms with E-state index >= 15 is 0 Å². The third kappa shape index (κ3) is 2.84. The molecule has 1 heterocycles. The Bertz CT molecular complexity index is 529. The lowest BCUT2D eigenvalue weighted by atomic mass is 9.91. The number of carbonyl (C=O) groups excluding carboxylic acids is 2. The molecule has 1 fully saturated rings. The minimum atomic E-state index is -1.16. The normalized spacial score (nSPS) is 18.6. The number of benzene rings is 1. The van der Waals surface area contributed by atoms with Crippen molar-refractivity contribution in [2.75, 3.05) is 0 Å². The molecular formula is C16H20O4. The van der Waals surface area contributed by atoms with E-state index in [2.05, 4.69) is 0 Å². The van der Waals surface area contributed by atoms with Gasteiger partial charge in [0.1, 0.15) is 0 Å². The highest BCUT2D eigenvalue weighted by molar-refractivity contribution is 5.97. The van der Waals surface area contributed by atoms with Gasteiger partial charge < -0.3 is 9.47 Å². The molecular weight excluding hydrogens is 256 g/mol. The molecule has 0 bridgehead atoms. The fraction of sp³-hybridized carbons (Fsp3) is 0.500. The maximum Gasteiger partial charge on any atom is 0.323 e. The van der Waals surface area contributed by atoms with Gasteiger partial charge in [-0.05, 0) is 43.9 Å². The van der Waals surface area contributed by atoms with E-state index in [1.165, 1.54) is 5.56 Å². The standard InChI is InChI=1S/C16H20O4/c1-9-6-10(2)12(11(3)7-9)8-13-14(17)19-16(4,5)20-15(13)18/h6-7,13H,8H2,1-5H3. The molecule has 1 aliphatic heterocycles. The summed E-state index contributed by atoms with van der Waals surface area (Å²) in [4.78, 5) is 24.0. The number of rotatable bonds is 2. The number of aryl methyl sites for hydroxylation is 3. The van der Waals surface area contributed by atoms with Gasteiger partial charge in [-0.2, -0.15) is 0 Å². The second-order valence-corrected chi connectivity index (χ2v) is 5.88. The van der Waals surface area contributed by atoms with Gasteiger partial charge in [-0.1, -0.05) is 17.7 Å². The van der Waals surface area contributed by atoms with Crippen LogP contribution in [-0.2, 0) is 25.5 Å². The Morgan fingerprint density at radius 1 is 1.00 bits per heavy atom. The van der Waals surface area contributed by atoms with Crippen LogP contribution < -0.4 is 0 Å². The van der Waals surface area contributed by atoms with Crippen molar-refractivity contribution in [2.24, 2.45) is 5.92 Å². The highest BCUT2D eigenvalue weighted by Gasteiger charge is 2.43. The largest absolute Gasteiger partial charge is 0.422 e. The summed E-state index contributed by atoms with van der Waals surface area (Å²) in [6.45, 7) is 9.11. The second kappa shape index (κ2) is 4.93. The van der Waals surface area contributed by atoms with E-state index < -0.39 is 23.6 Å². The molecule has 1 aromatic carbocycles. The smallest absolute Gasteiger partial charge is 0.323 e. The van der Waals surface area contributed by atoms with Crippen molar-refractivity contribution in [3.8, 4) is 0 Å². The van der Waals surface area contributed by atoms with Crippen molar-refractivity contribution in [1.82, 2.24) is 0 Å². The van der Waals surface area contributed by atoms with E-state index in [4.69, 9.17) is 9.47 Å². The molecule has 1 aromatic rings. The van der Waals surface area contributed by atoms with Gasteiger partial charge in [0.15, 0.2) is 5.92 Å². The average Bonchev–Trinajstić information content (AvgIpc) is 2.24. The van der Waals surface area contributed by atoms with Crippen LogP contribution in [0.5, 0.6) is 0 Å². The summed E-state index contributed by atoms with van der Waals surface area (Å²) in [5, 5.41) is 0. The summed E-state index contributed by atoms with van der Waals surface area (Å²) >= 11 is 0. The molecule has 2 rings (SSSR count). The van der Waals surface area contributed by atoms with Gasteiger partial charge in [0.25, 0.3) is 5.79 Å². The molecule has 0 unspecified atom stereocenters. The summed E-state index contributed by atoms with van der Waals surface area (Å²) in [5.74, 6) is -3.05. The van der Waals surface area contributed by atoms with Crippen LogP contribution in [0.15, 0.2) is 12.1 Å². The Balaban J connectivity index is 2.27. The van der Waals surface area contributed by atoms with Crippen LogP contribution in [-0.4, -0.2) is 17.7 Å². The van der Waals surface area contributed by atoms with E-state index in [0.717, 1.165) is 16.7 Å². The quantitative estimate of drug-likeness (QED) is 0.615. The van der Waals surface area contributed by atoms with E-state index in [1.807, 2.05) is 32.9 Å². The third-order valence-corrected chi connectivity index (χ3v) is 3.51. The molecule has 0 aromatic heterocycles. The van der Waals surface area contributed by atoms with E-state index in [-0.39, 0.29) is 0 Å². The molecule has 1 aliphatic rings. The molecule has 4 nitrogen and oxygen atoms in total. The molecule has 0 radical (unpaired) electrons. The van der Waals surface area contributed by atoms with Crippen molar-refractivity contribution < 1.29 is 19.1 Å². The van der Waals surface area contributed by atoms with Crippen LogP contribution in [0.2, 0.25) is 0 Å². The number of hydrogen-bond acceptors (Lipinski definition) is 4. The van der Waals surface area contributed by atoms with Crippen molar-refractivity contribution in [2.45, 2.75) is 46.8 Å². The monoisotopic (exact) mass is 276 g/mol. The lowest BCUT2D eigenvalue weighted by molar-refractivity contribution is -0.239. The molecule has 108 valence electrons. The molecule has 0 N–H and O–H groups in total. The number of hydrogen-bond donors (Lipinski definition) is 0. The predicted octanol–water partition coefficient (Wildman–Crippen LogP) is 2.61. The zero-order chi connectivity index (χ0) is 15.1. The predicted molar refractivity (Wildman–Crippen MR) is 74.1 cm³/mol. The first-order chi connectivity index (χ1) is 9.19. The molecule has 0 atom stereocenters. The fourth-order valence-corrected chi connectivity index (χ4v) is 2.65. The van der Waals surface area contributed by atoms with E-state index in [9.17, 15) is 9.59 Å². The summed E-state index contributed by atoms with van der Waals surface area (Å²) < 4.78 is 10.3. The minimum Gasteiger partial charge on any atom is -0.422 e. The summed E-state index contributed by atoms with van der Waals surface area (Å²) in [7, 11) is 0. The molecule has 0 aliphatic carbocycles. The topological polar surface area (TPSA) is 52.6 Å². The summed E-state index contributed by atoms with van der Waals surface area (Å²) in [6, 6.07) is 4.09. The zero-order valence-corrected chi connectivity index (χ0v) is 12.6. The van der Waals surface area contributed by atoms with Crippen molar-refractivity contribution in [3.05, 3.63) is 34.4 Å². The number of carbonyl (C=O) groups is 2. The molecule has 0 spiro atoms. The van der Waals surface area contributed by atoms with Gasteiger partial charge in [0.2, 0.25) is 0 Å². The lowest BCUT2D eigenvalue weighted by Crippen LogP contribution is -2.47. The van der Waals surface area contributed by atoms with Crippen molar-refractivity contribution in [1.29, 1.82) is 0 Å². The van der Waals surface area contributed by atoms with Crippen molar-refractivity contribution in [3.63, 3.8) is 0 Å². The second-order valence-electron chi connectivity index (χ2n) is 5.88. The van der Waals surface area contributed by atoms with Crippen LogP contribution in [0, 0.1) is 26.7 Å². The number of esters is 2. The third-order valence-electron chi connectivity index (χ3n) is 3.51. The van der Waals surface area contributed by atoms with E-state index in [1.54, 1.807) is 13.8 Å². The van der Waals surface area contributed by atoms with Crippen LogP contribution in [0.1, 0.15) is 36.1 Å². The molecule has 0 amide bonds. The summed E-state index contributed by atoms with van der Waals surface area (Å²) in [5.41, 5.74) is 4.33. The van der Waals surface area contributed by atoms with Gasteiger partial charge in [-0.25, -0.2) is 0 Å². The molecule has 20 heavy (non-hydrogen) atoms. The van der Waals surface area contributed by atoms with Gasteiger partial charge in [-0.15, -0.1) is 0 Å². The van der Waals surface area contributed by atoms with Crippen LogP contribution >= 0.6 is 0 Å². The first-order valence-corrected chi connectivity index (χ1v) is 6.72. The highest BCUT2D eigenvalue weighted by Crippen LogP contribution is 2.27. The van der Waals surface area contributed by atoms with E-state index in [0.29, 0.717) is 6.42 Å². The SMILES string of the molecule is Cc1cc(C)c(CC2C(=O)OC(C)(C)OC2=O)c(C)c1. The Morgan fingerprint density at radius 3 is 1.90 bits per heavy atom. The van der Waals surface area contributed by atoms with Gasteiger partial charge in [0.05, 0.1) is 0 Å². The zero-order valence-electron chi connectivity index (χ0n) is 12.6. The van der Waals surface area contributed by atoms with Gasteiger partial charge >= 0.3 is 11.9 Å². The number of cyclic esters (lactones) is 2. The van der Waals surface area contributed by atoms with Crippen LogP contribution in [0.4, 0.5) is 0 Å². The summed E-state index contributed by atoms with van der Waals surface area (Å²) in [6.07, 6.45) is 0.325. The molecule has 0 saturated carbocycles. The highest BCUT2D eigenvalue weighted by atomic mass is 16.7. The first-order valence-electron chi connectivity index (χ1n) is 6.72. The lowest BCUT2D eigenvalue weighted by Gasteiger charge is -2.33. The average molecular weight is 276 g/mol. The van der Waals surface area contributed by atoms with Crippen LogP contribution in [0.3, 0.4) is 0 Å². The van der Waals surface area contributed by atoms with Gasteiger partial charge in [0, 0.05) is 13.8 Å². The molecule has 4 heteroatoms. The maximum atomic E-state index is 12.0. The van der Waals surface area contributed by atoms with Gasteiger partial charge in [-0.3, -0.25) is 9.59 Å². The Labute approximate surface area is 119 Å². The van der Waals surface area contributed by atoms with Crippen LogP contribution in [0.25, 0.3) is 0 Å². The molecule has 1 saturated heterocycles. The maximum absolute atomic E-state index is 12.0. The Hall–Kier alpha value is -1.84. The first kappa shape index (κ1) is 14.6. The Kier molecular flexibility index (Phi) is 3.59. The number of ether oxygens (including phenoxy) is 2. The van der Waals surface area contributed by atoms with Crippen molar-refractivity contribution >= 4 is 11.9 Å². The minimum absolute atomic E-state index is 0.325.